The summed E-state index contributed by atoms with van der Waals surface area (Å²) < 4.78 is 6.01. The minimum absolute atomic E-state index is 0.330. The van der Waals surface area contributed by atoms with E-state index in [4.69, 9.17) is 4.74 Å². The lowest BCUT2D eigenvalue weighted by Gasteiger charge is -2.27. The van der Waals surface area contributed by atoms with Gasteiger partial charge in [-0.3, -0.25) is 0 Å². The molecule has 2 aliphatic rings. The summed E-state index contributed by atoms with van der Waals surface area (Å²) in [6.45, 7) is 5.51. The zero-order valence-corrected chi connectivity index (χ0v) is 12.1. The van der Waals surface area contributed by atoms with E-state index in [-0.39, 0.29) is 0 Å². The second kappa shape index (κ2) is 5.54. The van der Waals surface area contributed by atoms with Gasteiger partial charge in [-0.1, -0.05) is 24.6 Å². The van der Waals surface area contributed by atoms with Gasteiger partial charge in [0.1, 0.15) is 11.9 Å². The average Bonchev–Trinajstić information content (AvgIpc) is 2.80. The van der Waals surface area contributed by atoms with E-state index in [9.17, 15) is 0 Å². The molecule has 1 aliphatic carbocycles. The summed E-state index contributed by atoms with van der Waals surface area (Å²) in [5, 5.41) is 3.71. The lowest BCUT2D eigenvalue weighted by Crippen LogP contribution is -2.39. The molecule has 0 aromatic heterocycles. The van der Waals surface area contributed by atoms with Gasteiger partial charge in [0.05, 0.1) is 0 Å². The molecule has 2 nitrogen and oxygen atoms in total. The molecule has 0 saturated heterocycles. The quantitative estimate of drug-likeness (QED) is 0.897. The Hall–Kier alpha value is -1.02. The lowest BCUT2D eigenvalue weighted by atomic mass is 9.87. The fourth-order valence-corrected chi connectivity index (χ4v) is 3.33. The Morgan fingerprint density at radius 2 is 2.00 bits per heavy atom. The Labute approximate surface area is 116 Å². The summed E-state index contributed by atoms with van der Waals surface area (Å²) in [6, 6.07) is 7.23. The predicted octanol–water partition coefficient (Wildman–Crippen LogP) is 3.47. The molecular weight excluding hydrogens is 234 g/mol. The number of fused-ring (bicyclic) bond motifs is 1. The van der Waals surface area contributed by atoms with Gasteiger partial charge in [-0.15, -0.1) is 0 Å². The number of aryl methyl sites for hydroxylation is 1. The second-order valence-corrected chi connectivity index (χ2v) is 6.42. The number of ether oxygens (including phenoxy) is 1. The molecule has 1 saturated carbocycles. The van der Waals surface area contributed by atoms with Crippen LogP contribution in [0.2, 0.25) is 0 Å². The van der Waals surface area contributed by atoms with Crippen LogP contribution in [0.15, 0.2) is 18.2 Å². The van der Waals surface area contributed by atoms with Crippen molar-refractivity contribution in [3.63, 3.8) is 0 Å². The maximum Gasteiger partial charge on any atom is 0.123 e. The van der Waals surface area contributed by atoms with E-state index in [1.165, 1.54) is 36.8 Å². The number of hydrogen-bond acceptors (Lipinski definition) is 2. The van der Waals surface area contributed by atoms with Crippen LogP contribution in [0.25, 0.3) is 0 Å². The molecule has 1 fully saturated rings. The maximum absolute atomic E-state index is 6.01. The molecule has 1 heterocycles. The molecule has 1 aliphatic heterocycles. The van der Waals surface area contributed by atoms with Crippen molar-refractivity contribution < 1.29 is 4.74 Å². The zero-order chi connectivity index (χ0) is 13.2. The molecule has 1 aromatic carbocycles. The SMILES string of the molecule is Cc1ccc2c(c1)CC(CNC1CCC(C)CC1)O2. The van der Waals surface area contributed by atoms with Crippen LogP contribution in [-0.2, 0) is 6.42 Å². The molecule has 1 atom stereocenters. The first-order valence-corrected chi connectivity index (χ1v) is 7.70. The van der Waals surface area contributed by atoms with Crippen molar-refractivity contribution in [2.24, 2.45) is 5.92 Å². The van der Waals surface area contributed by atoms with Crippen LogP contribution in [-0.4, -0.2) is 18.7 Å². The van der Waals surface area contributed by atoms with Gasteiger partial charge < -0.3 is 10.1 Å². The Kier molecular flexibility index (Phi) is 3.79. The monoisotopic (exact) mass is 259 g/mol. The largest absolute Gasteiger partial charge is 0.488 e. The highest BCUT2D eigenvalue weighted by Crippen LogP contribution is 2.29. The van der Waals surface area contributed by atoms with Crippen LogP contribution >= 0.6 is 0 Å². The van der Waals surface area contributed by atoms with Gasteiger partial charge in [-0.2, -0.15) is 0 Å². The van der Waals surface area contributed by atoms with E-state index < -0.39 is 0 Å². The van der Waals surface area contributed by atoms with Crippen molar-refractivity contribution in [2.75, 3.05) is 6.54 Å². The summed E-state index contributed by atoms with van der Waals surface area (Å²) in [5.74, 6) is 2.02. The predicted molar refractivity (Wildman–Crippen MR) is 78.7 cm³/mol. The van der Waals surface area contributed by atoms with Gasteiger partial charge >= 0.3 is 0 Å². The Balaban J connectivity index is 1.48. The highest BCUT2D eigenvalue weighted by Gasteiger charge is 2.24. The summed E-state index contributed by atoms with van der Waals surface area (Å²) in [7, 11) is 0. The summed E-state index contributed by atoms with van der Waals surface area (Å²) >= 11 is 0. The van der Waals surface area contributed by atoms with Crippen LogP contribution < -0.4 is 10.1 Å². The topological polar surface area (TPSA) is 21.3 Å². The van der Waals surface area contributed by atoms with Crippen LogP contribution in [0.3, 0.4) is 0 Å². The molecule has 0 amide bonds. The first kappa shape index (κ1) is 13.0. The number of rotatable bonds is 3. The van der Waals surface area contributed by atoms with Crippen LogP contribution in [0, 0.1) is 12.8 Å². The minimum Gasteiger partial charge on any atom is -0.488 e. The van der Waals surface area contributed by atoms with Crippen LogP contribution in [0.5, 0.6) is 5.75 Å². The van der Waals surface area contributed by atoms with E-state index in [0.717, 1.165) is 24.6 Å². The van der Waals surface area contributed by atoms with Gasteiger partial charge in [-0.25, -0.2) is 0 Å². The maximum atomic E-state index is 6.01. The number of benzene rings is 1. The van der Waals surface area contributed by atoms with Crippen LogP contribution in [0.4, 0.5) is 0 Å². The normalized spacial score (nSPS) is 29.9. The van der Waals surface area contributed by atoms with Gasteiger partial charge in [0, 0.05) is 19.0 Å². The second-order valence-electron chi connectivity index (χ2n) is 6.42. The third-order valence-electron chi connectivity index (χ3n) is 4.61. The number of nitrogens with one attached hydrogen (secondary N) is 1. The molecule has 1 unspecified atom stereocenters. The molecule has 3 rings (SSSR count). The molecule has 19 heavy (non-hydrogen) atoms. The third-order valence-corrected chi connectivity index (χ3v) is 4.61. The molecule has 2 heteroatoms. The Morgan fingerprint density at radius 3 is 2.79 bits per heavy atom. The van der Waals surface area contributed by atoms with Crippen molar-refractivity contribution >= 4 is 0 Å². The molecule has 0 radical (unpaired) electrons. The highest BCUT2D eigenvalue weighted by molar-refractivity contribution is 5.40. The van der Waals surface area contributed by atoms with E-state index >= 15 is 0 Å². The summed E-state index contributed by atoms with van der Waals surface area (Å²) in [6.07, 6.45) is 6.81. The van der Waals surface area contributed by atoms with E-state index in [2.05, 4.69) is 37.4 Å². The highest BCUT2D eigenvalue weighted by atomic mass is 16.5. The number of hydrogen-bond donors (Lipinski definition) is 1. The molecule has 104 valence electrons. The Morgan fingerprint density at radius 1 is 1.21 bits per heavy atom. The fraction of sp³-hybridized carbons (Fsp3) is 0.647. The zero-order valence-electron chi connectivity index (χ0n) is 12.1. The molecule has 1 N–H and O–H groups in total. The van der Waals surface area contributed by atoms with E-state index in [1.807, 2.05) is 0 Å². The molecule has 1 aromatic rings. The van der Waals surface area contributed by atoms with E-state index in [0.29, 0.717) is 12.1 Å². The van der Waals surface area contributed by atoms with Gasteiger partial charge in [0.25, 0.3) is 0 Å². The van der Waals surface area contributed by atoms with Crippen molar-refractivity contribution in [1.82, 2.24) is 5.32 Å². The summed E-state index contributed by atoms with van der Waals surface area (Å²) in [5.41, 5.74) is 2.71. The average molecular weight is 259 g/mol. The molecule has 0 bridgehead atoms. The molecule has 0 spiro atoms. The first-order chi connectivity index (χ1) is 9.20. The van der Waals surface area contributed by atoms with Crippen molar-refractivity contribution in [2.45, 2.75) is 58.1 Å². The minimum atomic E-state index is 0.330. The van der Waals surface area contributed by atoms with Gasteiger partial charge in [0.15, 0.2) is 0 Å². The smallest absolute Gasteiger partial charge is 0.123 e. The van der Waals surface area contributed by atoms with Crippen molar-refractivity contribution in [3.05, 3.63) is 29.3 Å². The lowest BCUT2D eigenvalue weighted by molar-refractivity contribution is 0.209. The Bertz CT molecular complexity index is 435. The van der Waals surface area contributed by atoms with Gasteiger partial charge in [-0.05, 0) is 50.2 Å². The van der Waals surface area contributed by atoms with Crippen molar-refractivity contribution in [1.29, 1.82) is 0 Å². The third kappa shape index (κ3) is 3.11. The standard InChI is InChI=1S/C17H25NO/c1-12-3-6-15(7-4-12)18-11-16-10-14-9-13(2)5-8-17(14)19-16/h5,8-9,12,15-16,18H,3-4,6-7,10-11H2,1-2H3. The first-order valence-electron chi connectivity index (χ1n) is 7.70. The molecular formula is C17H25NO. The van der Waals surface area contributed by atoms with E-state index in [1.54, 1.807) is 0 Å². The van der Waals surface area contributed by atoms with Crippen LogP contribution in [0.1, 0.15) is 43.7 Å². The fourth-order valence-electron chi connectivity index (χ4n) is 3.33. The van der Waals surface area contributed by atoms with Gasteiger partial charge in [0.2, 0.25) is 0 Å². The summed E-state index contributed by atoms with van der Waals surface area (Å²) in [4.78, 5) is 0. The van der Waals surface area contributed by atoms with Crippen molar-refractivity contribution in [3.8, 4) is 5.75 Å².